The molecule has 0 atom stereocenters. The lowest BCUT2D eigenvalue weighted by Gasteiger charge is -2.35. The van der Waals surface area contributed by atoms with E-state index in [1.165, 1.54) is 12.1 Å². The highest BCUT2D eigenvalue weighted by Gasteiger charge is 2.22. The van der Waals surface area contributed by atoms with Crippen LogP contribution in [0.25, 0.3) is 0 Å². The van der Waals surface area contributed by atoms with Gasteiger partial charge in [-0.3, -0.25) is 4.79 Å². The first-order valence-electron chi connectivity index (χ1n) is 5.49. The number of rotatable bonds is 2. The molecule has 0 radical (unpaired) electrons. The van der Waals surface area contributed by atoms with Gasteiger partial charge < -0.3 is 9.80 Å². The molecule has 1 aromatic carbocycles. The fourth-order valence-electron chi connectivity index (χ4n) is 1.94. The molecule has 0 unspecified atom stereocenters. The van der Waals surface area contributed by atoms with Crippen LogP contribution in [0, 0.1) is 5.82 Å². The number of hydrogen-bond donors (Lipinski definition) is 0. The van der Waals surface area contributed by atoms with Crippen LogP contribution < -0.4 is 4.90 Å². The number of hydrogen-bond acceptors (Lipinski definition) is 2. The first-order valence-corrected chi connectivity index (χ1v) is 5.49. The molecule has 0 aliphatic carbocycles. The van der Waals surface area contributed by atoms with Crippen molar-refractivity contribution in [2.24, 2.45) is 0 Å². The van der Waals surface area contributed by atoms with Crippen LogP contribution in [0.1, 0.15) is 6.92 Å². The summed E-state index contributed by atoms with van der Waals surface area (Å²) >= 11 is 0. The summed E-state index contributed by atoms with van der Waals surface area (Å²) in [5, 5.41) is 0. The lowest BCUT2D eigenvalue weighted by molar-refractivity contribution is -0.130. The van der Waals surface area contributed by atoms with Crippen LogP contribution in [0.3, 0.4) is 0 Å². The van der Waals surface area contributed by atoms with Gasteiger partial charge in [-0.25, -0.2) is 4.39 Å². The van der Waals surface area contributed by atoms with Crippen molar-refractivity contribution in [3.05, 3.63) is 30.1 Å². The smallest absolute Gasteiger partial charge is 0.242 e. The number of piperazine rings is 1. The molecule has 1 aliphatic heterocycles. The van der Waals surface area contributed by atoms with Crippen LogP contribution in [0.4, 0.5) is 10.1 Å². The van der Waals surface area contributed by atoms with E-state index in [1.807, 2.05) is 22.8 Å². The predicted octanol–water partition coefficient (Wildman–Crippen LogP) is 1.49. The Hall–Kier alpha value is -1.58. The van der Waals surface area contributed by atoms with Gasteiger partial charge in [-0.05, 0) is 25.1 Å². The Labute approximate surface area is 94.5 Å². The van der Waals surface area contributed by atoms with Crippen molar-refractivity contribution >= 4 is 11.6 Å². The van der Waals surface area contributed by atoms with E-state index < -0.39 is 0 Å². The Kier molecular flexibility index (Phi) is 3.08. The fraction of sp³-hybridized carbons (Fsp3) is 0.417. The number of nitrogens with zero attached hydrogens (tertiary/aromatic N) is 2. The molecule has 1 amide bonds. The topological polar surface area (TPSA) is 23.6 Å². The molecule has 0 saturated carbocycles. The molecule has 86 valence electrons. The summed E-state index contributed by atoms with van der Waals surface area (Å²) in [5.74, 6) is -0.152. The maximum Gasteiger partial charge on any atom is 0.242 e. The van der Waals surface area contributed by atoms with Crippen LogP contribution in [0.2, 0.25) is 0 Å². The van der Waals surface area contributed by atoms with Crippen LogP contribution >= 0.6 is 0 Å². The first kappa shape index (κ1) is 10.9. The molecular formula is C12H15FN2O. The van der Waals surface area contributed by atoms with Crippen LogP contribution in [-0.2, 0) is 4.79 Å². The monoisotopic (exact) mass is 222 g/mol. The zero-order valence-corrected chi connectivity index (χ0v) is 9.32. The van der Waals surface area contributed by atoms with E-state index in [1.54, 1.807) is 6.07 Å². The Bertz CT molecular complexity index is 394. The second-order valence-electron chi connectivity index (χ2n) is 3.87. The third-order valence-corrected chi connectivity index (χ3v) is 2.87. The van der Waals surface area contributed by atoms with Gasteiger partial charge in [-0.1, -0.05) is 6.07 Å². The number of anilines is 1. The van der Waals surface area contributed by atoms with Gasteiger partial charge in [0.15, 0.2) is 0 Å². The normalized spacial score (nSPS) is 16.8. The Morgan fingerprint density at radius 3 is 2.81 bits per heavy atom. The highest BCUT2D eigenvalue weighted by atomic mass is 19.1. The second-order valence-corrected chi connectivity index (χ2v) is 3.87. The summed E-state index contributed by atoms with van der Waals surface area (Å²) < 4.78 is 13.0. The van der Waals surface area contributed by atoms with E-state index >= 15 is 0 Å². The Balaban J connectivity index is 2.10. The Morgan fingerprint density at radius 1 is 1.38 bits per heavy atom. The number of likely N-dealkylation sites (N-methyl/N-ethyl adjacent to an activating group) is 1. The largest absolute Gasteiger partial charge is 0.360 e. The van der Waals surface area contributed by atoms with Gasteiger partial charge in [0.1, 0.15) is 5.82 Å². The van der Waals surface area contributed by atoms with E-state index in [0.717, 1.165) is 18.8 Å². The molecule has 3 nitrogen and oxygen atoms in total. The third kappa shape index (κ3) is 2.15. The number of amides is 1. The quantitative estimate of drug-likeness (QED) is 0.757. The summed E-state index contributed by atoms with van der Waals surface area (Å²) in [6, 6.07) is 6.38. The van der Waals surface area contributed by atoms with E-state index in [2.05, 4.69) is 0 Å². The predicted molar refractivity (Wildman–Crippen MR) is 60.9 cm³/mol. The lowest BCUT2D eigenvalue weighted by atomic mass is 10.2. The molecule has 4 heteroatoms. The molecule has 0 N–H and O–H groups in total. The van der Waals surface area contributed by atoms with E-state index in [0.29, 0.717) is 13.1 Å². The number of halogens is 1. The van der Waals surface area contributed by atoms with Gasteiger partial charge in [0.05, 0.1) is 6.54 Å². The Morgan fingerprint density at radius 2 is 2.19 bits per heavy atom. The molecule has 1 saturated heterocycles. The molecule has 1 fully saturated rings. The molecule has 0 bridgehead atoms. The van der Waals surface area contributed by atoms with E-state index in [4.69, 9.17) is 0 Å². The van der Waals surface area contributed by atoms with Crippen LogP contribution in [-0.4, -0.2) is 37.0 Å². The highest BCUT2D eigenvalue weighted by molar-refractivity contribution is 5.82. The van der Waals surface area contributed by atoms with Crippen molar-refractivity contribution < 1.29 is 9.18 Å². The van der Waals surface area contributed by atoms with Crippen molar-refractivity contribution in [1.82, 2.24) is 4.90 Å². The maximum atomic E-state index is 13.0. The average molecular weight is 222 g/mol. The van der Waals surface area contributed by atoms with Gasteiger partial charge in [0, 0.05) is 25.3 Å². The molecule has 0 spiro atoms. The molecule has 1 aromatic rings. The third-order valence-electron chi connectivity index (χ3n) is 2.87. The van der Waals surface area contributed by atoms with Gasteiger partial charge in [0.2, 0.25) is 5.91 Å². The molecule has 1 heterocycles. The van der Waals surface area contributed by atoms with Crippen LogP contribution in [0.15, 0.2) is 24.3 Å². The second kappa shape index (κ2) is 4.51. The van der Waals surface area contributed by atoms with Crippen molar-refractivity contribution in [1.29, 1.82) is 0 Å². The minimum atomic E-state index is -0.261. The van der Waals surface area contributed by atoms with Crippen molar-refractivity contribution in [3.63, 3.8) is 0 Å². The van der Waals surface area contributed by atoms with Gasteiger partial charge in [-0.2, -0.15) is 0 Å². The first-order chi connectivity index (χ1) is 7.70. The maximum absolute atomic E-state index is 13.0. The summed E-state index contributed by atoms with van der Waals surface area (Å²) in [5.41, 5.74) is 0.782. The number of benzene rings is 1. The summed E-state index contributed by atoms with van der Waals surface area (Å²) in [4.78, 5) is 15.4. The minimum Gasteiger partial charge on any atom is -0.360 e. The number of carbonyl (C=O) groups is 1. The summed E-state index contributed by atoms with van der Waals surface area (Å²) in [7, 11) is 0. The standard InChI is InChI=1S/C12H15FN2O/c1-2-14-6-7-15(9-12(14)16)11-5-3-4-10(13)8-11/h3-5,8H,2,6-7,9H2,1H3. The average Bonchev–Trinajstić information content (AvgIpc) is 2.29. The zero-order chi connectivity index (χ0) is 11.5. The van der Waals surface area contributed by atoms with Gasteiger partial charge >= 0.3 is 0 Å². The van der Waals surface area contributed by atoms with Crippen LogP contribution in [0.5, 0.6) is 0 Å². The summed E-state index contributed by atoms with van der Waals surface area (Å²) in [6.07, 6.45) is 0. The lowest BCUT2D eigenvalue weighted by Crippen LogP contribution is -2.50. The molecule has 1 aliphatic rings. The molecule has 2 rings (SSSR count). The van der Waals surface area contributed by atoms with Crippen molar-refractivity contribution in [2.75, 3.05) is 31.1 Å². The molecule has 16 heavy (non-hydrogen) atoms. The van der Waals surface area contributed by atoms with E-state index in [9.17, 15) is 9.18 Å². The molecule has 0 aromatic heterocycles. The zero-order valence-electron chi connectivity index (χ0n) is 9.32. The minimum absolute atomic E-state index is 0.109. The van der Waals surface area contributed by atoms with Gasteiger partial charge in [0.25, 0.3) is 0 Å². The number of carbonyl (C=O) groups excluding carboxylic acids is 1. The van der Waals surface area contributed by atoms with E-state index in [-0.39, 0.29) is 11.7 Å². The highest BCUT2D eigenvalue weighted by Crippen LogP contribution is 2.17. The SMILES string of the molecule is CCN1CCN(c2cccc(F)c2)CC1=O. The fourth-order valence-corrected chi connectivity index (χ4v) is 1.94. The van der Waals surface area contributed by atoms with Gasteiger partial charge in [-0.15, -0.1) is 0 Å². The summed E-state index contributed by atoms with van der Waals surface area (Å²) in [6.45, 7) is 4.54. The van der Waals surface area contributed by atoms with Crippen molar-refractivity contribution in [3.8, 4) is 0 Å². The van der Waals surface area contributed by atoms with Crippen molar-refractivity contribution in [2.45, 2.75) is 6.92 Å². The molecular weight excluding hydrogens is 207 g/mol.